The van der Waals surface area contributed by atoms with Crippen LogP contribution in [0.3, 0.4) is 0 Å². The molecule has 0 aliphatic heterocycles. The Bertz CT molecular complexity index is 10300. The number of imidazole rings is 2. The minimum atomic E-state index is 0.635. The quantitative estimate of drug-likeness (QED) is 0.135. The summed E-state index contributed by atoms with van der Waals surface area (Å²) in [6.07, 6.45) is 5.44. The van der Waals surface area contributed by atoms with Crippen LogP contribution in [0, 0.1) is 0 Å². The minimum Gasteiger partial charge on any atom is -0.456 e. The Labute approximate surface area is 796 Å². The van der Waals surface area contributed by atoms with Crippen LogP contribution in [0.5, 0.6) is 0 Å². The molecule has 140 heavy (non-hydrogen) atoms. The molecule has 0 spiro atoms. The van der Waals surface area contributed by atoms with Crippen molar-refractivity contribution in [1.82, 2.24) is 62.3 Å². The average molecular weight is 1800 g/mol. The normalized spacial score (nSPS) is 11.9. The first-order valence-corrected chi connectivity index (χ1v) is 46.6. The number of rotatable bonds is 9. The second-order valence-corrected chi connectivity index (χ2v) is 35.1. The molecule has 0 unspecified atom stereocenters. The van der Waals surface area contributed by atoms with Crippen molar-refractivity contribution in [1.29, 1.82) is 0 Å². The van der Waals surface area contributed by atoms with Crippen LogP contribution in [-0.2, 0) is 0 Å². The summed E-state index contributed by atoms with van der Waals surface area (Å²) >= 11 is 0. The van der Waals surface area contributed by atoms with Crippen LogP contribution in [-0.4, -0.2) is 62.3 Å². The van der Waals surface area contributed by atoms with Crippen LogP contribution in [0.4, 0.5) is 0 Å². The molecule has 0 amide bonds. The highest BCUT2D eigenvalue weighted by Crippen LogP contribution is 2.46. The van der Waals surface area contributed by atoms with Crippen LogP contribution >= 0.6 is 0 Å². The molecule has 12 heterocycles. The van der Waals surface area contributed by atoms with Crippen molar-refractivity contribution >= 4 is 197 Å². The maximum absolute atomic E-state index is 6.28. The Hall–Kier alpha value is -19.4. The second-order valence-electron chi connectivity index (χ2n) is 35.1. The molecule has 17 heteroatoms. The third kappa shape index (κ3) is 12.9. The van der Waals surface area contributed by atoms with Crippen LogP contribution in [0.1, 0.15) is 0 Å². The predicted octanol–water partition coefficient (Wildman–Crippen LogP) is 31.4. The Morgan fingerprint density at radius 3 is 0.979 bits per heavy atom. The van der Waals surface area contributed by atoms with E-state index in [0.717, 1.165) is 199 Å². The Kier molecular flexibility index (Phi) is 18.2. The summed E-state index contributed by atoms with van der Waals surface area (Å²) in [6.45, 7) is 0. The first-order valence-electron chi connectivity index (χ1n) is 46.6. The van der Waals surface area contributed by atoms with Crippen molar-refractivity contribution in [2.24, 2.45) is 0 Å². The summed E-state index contributed by atoms with van der Waals surface area (Å²) < 4.78 is 38.3. The zero-order valence-electron chi connectivity index (χ0n) is 74.7. The van der Waals surface area contributed by atoms with E-state index in [1.165, 1.54) is 43.1 Å². The van der Waals surface area contributed by atoms with Gasteiger partial charge in [0.2, 0.25) is 11.9 Å². The highest BCUT2D eigenvalue weighted by molar-refractivity contribution is 6.22. The summed E-state index contributed by atoms with van der Waals surface area (Å²) in [5, 5.41) is 18.6. The molecule has 0 N–H and O–H groups in total. The van der Waals surface area contributed by atoms with Gasteiger partial charge in [-0.25, -0.2) is 34.9 Å². The average Bonchev–Trinajstić information content (AvgIpc) is 1.56. The lowest BCUT2D eigenvalue weighted by Gasteiger charge is -2.12. The molecule has 0 saturated carbocycles. The summed E-state index contributed by atoms with van der Waals surface area (Å²) in [5.41, 5.74) is 27.2. The van der Waals surface area contributed by atoms with E-state index in [4.69, 9.17) is 42.6 Å². The van der Waals surface area contributed by atoms with E-state index in [0.29, 0.717) is 23.4 Å². The van der Waals surface area contributed by atoms with Crippen LogP contribution < -0.4 is 0 Å². The molecule has 12 aromatic heterocycles. The third-order valence-electron chi connectivity index (χ3n) is 27.1. The highest BCUT2D eigenvalue weighted by atomic mass is 16.3. The monoisotopic (exact) mass is 1800 g/mol. The Morgan fingerprint density at radius 1 is 0.186 bits per heavy atom. The van der Waals surface area contributed by atoms with Gasteiger partial charge in [-0.3, -0.25) is 18.3 Å². The van der Waals surface area contributed by atoms with E-state index in [9.17, 15) is 0 Å². The number of fused-ring (bicyclic) bond motifs is 26. The molecule has 0 atom stereocenters. The third-order valence-corrected chi connectivity index (χ3v) is 27.1. The van der Waals surface area contributed by atoms with E-state index in [1.807, 2.05) is 152 Å². The predicted molar refractivity (Wildman–Crippen MR) is 567 cm³/mol. The number of benzene rings is 19. The topological polar surface area (TPSA) is 172 Å². The molecule has 17 nitrogen and oxygen atoms in total. The van der Waals surface area contributed by atoms with Gasteiger partial charge >= 0.3 is 0 Å². The maximum Gasteiger partial charge on any atom is 0.234 e. The first-order chi connectivity index (χ1) is 69.4. The zero-order chi connectivity index (χ0) is 92.0. The largest absolute Gasteiger partial charge is 0.456 e. The van der Waals surface area contributed by atoms with E-state index in [2.05, 4.69) is 329 Å². The SMILES string of the molecule is c1ccc(-c2nc(-c3ccccc3)nc(-c3ccc(-n4c5ccccc5c5cc6c(cc54)oc4ccccc46)cc3)n2)cc1.c1ccc(-n2c(-n3c4ccccc4c4cc5c(cc43)oc3ccccc35)nc3ccccc32)cc1.c1ccc(-n2cnc3c(-n4c5ccccc5c5cc6c(cc54)oc4ccccc46)cccc32)cc1.c1cnc(-n2c3ccccc3c3cc4c(cc32)oc2ccccc24)nc1. The van der Waals surface area contributed by atoms with Gasteiger partial charge in [-0.2, -0.15) is 0 Å². The lowest BCUT2D eigenvalue weighted by Crippen LogP contribution is -2.05. The molecule has 31 aromatic rings. The molecule has 0 aliphatic carbocycles. The number of nitrogens with zero attached hydrogens (tertiary/aromatic N) is 13. The molecule has 0 aliphatic rings. The molecule has 31 rings (SSSR count). The summed E-state index contributed by atoms with van der Waals surface area (Å²) in [7, 11) is 0. The molecule has 0 bridgehead atoms. The van der Waals surface area contributed by atoms with Crippen molar-refractivity contribution in [3.05, 3.63) is 455 Å². The molecule has 656 valence electrons. The van der Waals surface area contributed by atoms with Gasteiger partial charge in [-0.1, -0.05) is 261 Å². The fraction of sp³-hybridized carbons (Fsp3) is 0. The zero-order valence-corrected chi connectivity index (χ0v) is 74.7. The summed E-state index contributed by atoms with van der Waals surface area (Å²) in [4.78, 5) is 33.6. The van der Waals surface area contributed by atoms with Gasteiger partial charge in [0.05, 0.1) is 66.4 Å². The van der Waals surface area contributed by atoms with Crippen LogP contribution in [0.25, 0.3) is 266 Å². The number of para-hydroxylation sites is 13. The summed E-state index contributed by atoms with van der Waals surface area (Å²) in [5.74, 6) is 3.45. The van der Waals surface area contributed by atoms with Crippen molar-refractivity contribution in [3.63, 3.8) is 0 Å². The maximum atomic E-state index is 6.28. The van der Waals surface area contributed by atoms with Crippen molar-refractivity contribution in [2.45, 2.75) is 0 Å². The minimum absolute atomic E-state index is 0.635. The molecule has 0 saturated heterocycles. The second kappa shape index (κ2) is 32.2. The number of hydrogen-bond acceptors (Lipinski definition) is 11. The van der Waals surface area contributed by atoms with Crippen LogP contribution in [0.15, 0.2) is 473 Å². The van der Waals surface area contributed by atoms with Gasteiger partial charge in [-0.15, -0.1) is 0 Å². The number of furan rings is 4. The summed E-state index contributed by atoms with van der Waals surface area (Å²) in [6, 6.07) is 150. The number of hydrogen-bond donors (Lipinski definition) is 0. The smallest absolute Gasteiger partial charge is 0.234 e. The van der Waals surface area contributed by atoms with Gasteiger partial charge in [0.15, 0.2) is 17.5 Å². The van der Waals surface area contributed by atoms with Gasteiger partial charge in [0, 0.05) is 157 Å². The number of aromatic nitrogens is 13. The fourth-order valence-electron chi connectivity index (χ4n) is 20.8. The lowest BCUT2D eigenvalue weighted by molar-refractivity contribution is 0.669. The Morgan fingerprint density at radius 2 is 0.521 bits per heavy atom. The standard InChI is InChI=1S/C39H24N4O.2C31H19N3O.C22H13N3O/c1-3-11-25(12-4-1)37-40-38(26-13-5-2-6-14-26)42-39(41-37)27-19-21-28(22-20-27)43-33-17-9-7-15-29(33)31-23-32-30-16-8-10-18-35(30)44-36(32)24-34(31)43;1-2-10-20(11-3-1)33-27-16-8-6-14-25(27)32-31(33)34-26-15-7-4-12-21(26)23-18-24-22-13-5-9-17-29(22)35-30(24)19-28(23)34;1-2-9-20(10-3-1)33-19-32-31-26(33)14-8-15-27(31)34-25-13-6-4-11-21(25)23-17-24-22-12-5-7-16-29(22)35-30(24)18-28(23)34;1-3-8-18-14(6-1)16-12-17-15-7-2-4-9-20(15)26-21(17)13-19(16)25(18)22-23-10-5-11-24-22/h1-24H;2*1-19H;1-13H. The molecular formula is C123H75N13O4. The van der Waals surface area contributed by atoms with Gasteiger partial charge in [0.25, 0.3) is 0 Å². The molecule has 0 radical (unpaired) electrons. The molecular weight excluding hydrogens is 1720 g/mol. The van der Waals surface area contributed by atoms with Crippen LogP contribution in [0.2, 0.25) is 0 Å². The van der Waals surface area contributed by atoms with Gasteiger partial charge in [0.1, 0.15) is 56.5 Å². The van der Waals surface area contributed by atoms with E-state index in [-0.39, 0.29) is 0 Å². The highest BCUT2D eigenvalue weighted by Gasteiger charge is 2.26. The van der Waals surface area contributed by atoms with Crippen molar-refractivity contribution < 1.29 is 17.7 Å². The van der Waals surface area contributed by atoms with Crippen molar-refractivity contribution in [3.8, 4) is 68.8 Å². The molecule has 19 aromatic carbocycles. The fourth-order valence-corrected chi connectivity index (χ4v) is 20.8. The lowest BCUT2D eigenvalue weighted by atomic mass is 10.1. The van der Waals surface area contributed by atoms with Crippen molar-refractivity contribution in [2.75, 3.05) is 0 Å². The van der Waals surface area contributed by atoms with E-state index >= 15 is 0 Å². The molecule has 0 fully saturated rings. The van der Waals surface area contributed by atoms with Gasteiger partial charge in [-0.05, 0) is 152 Å². The van der Waals surface area contributed by atoms with E-state index in [1.54, 1.807) is 12.4 Å². The first kappa shape index (κ1) is 79.2. The van der Waals surface area contributed by atoms with E-state index < -0.39 is 0 Å². The van der Waals surface area contributed by atoms with Gasteiger partial charge < -0.3 is 26.8 Å². The Balaban J connectivity index is 0.0000000929.